The van der Waals surface area contributed by atoms with Gasteiger partial charge in [-0.2, -0.15) is 4.31 Å². The second-order valence-corrected chi connectivity index (χ2v) is 8.43. The molecule has 1 saturated carbocycles. The lowest BCUT2D eigenvalue weighted by molar-refractivity contribution is 0.0598. The monoisotopic (exact) mass is 356 g/mol. The van der Waals surface area contributed by atoms with Crippen LogP contribution in [0.3, 0.4) is 0 Å². The van der Waals surface area contributed by atoms with E-state index in [1.54, 1.807) is 6.92 Å². The average molecular weight is 356 g/mol. The van der Waals surface area contributed by atoms with E-state index in [0.717, 1.165) is 25.3 Å². The first-order chi connectivity index (χ1) is 11.4. The molecule has 134 valence electrons. The maximum atomic E-state index is 12.7. The number of hydrogen-bond acceptors (Lipinski definition) is 6. The fourth-order valence-electron chi connectivity index (χ4n) is 2.98. The van der Waals surface area contributed by atoms with Gasteiger partial charge in [-0.1, -0.05) is 0 Å². The van der Waals surface area contributed by atoms with Crippen LogP contribution in [0.25, 0.3) is 0 Å². The lowest BCUT2D eigenvalue weighted by Gasteiger charge is -2.31. The molecule has 0 bridgehead atoms. The minimum atomic E-state index is -3.72. The average Bonchev–Trinajstić information content (AvgIpc) is 3.32. The van der Waals surface area contributed by atoms with Crippen LogP contribution in [0.5, 0.6) is 0 Å². The lowest BCUT2D eigenvalue weighted by atomic mass is 10.1. The second-order valence-electron chi connectivity index (χ2n) is 6.56. The Bertz CT molecular complexity index is 700. The Labute approximate surface area is 142 Å². The van der Waals surface area contributed by atoms with E-state index in [1.807, 2.05) is 0 Å². The van der Waals surface area contributed by atoms with Gasteiger partial charge in [0, 0.05) is 25.2 Å². The van der Waals surface area contributed by atoms with E-state index in [-0.39, 0.29) is 16.4 Å². The number of aryl methyl sites for hydroxylation is 1. The quantitative estimate of drug-likeness (QED) is 0.778. The molecule has 2 heterocycles. The summed E-state index contributed by atoms with van der Waals surface area (Å²) in [7, 11) is -2.46. The molecule has 0 atom stereocenters. The molecule has 2 aliphatic rings. The molecule has 7 nitrogen and oxygen atoms in total. The standard InChI is InChI=1S/C16H24N2O5S/c1-11-14(16(19)22-2)9-15(23-11)24(20,21)18-7-5-13(6-8-18)17-10-12-3-4-12/h9,12-13,17H,3-8,10H2,1-2H3. The third-order valence-corrected chi connectivity index (χ3v) is 6.50. The van der Waals surface area contributed by atoms with Crippen LogP contribution in [0.15, 0.2) is 15.6 Å². The van der Waals surface area contributed by atoms with Gasteiger partial charge in [-0.15, -0.1) is 0 Å². The number of furan rings is 1. The number of hydrogen-bond donors (Lipinski definition) is 1. The molecule has 0 amide bonds. The second kappa shape index (κ2) is 6.85. The summed E-state index contributed by atoms with van der Waals surface area (Å²) in [5, 5.41) is 3.33. The van der Waals surface area contributed by atoms with Crippen molar-refractivity contribution in [3.8, 4) is 0 Å². The summed E-state index contributed by atoms with van der Waals surface area (Å²) in [4.78, 5) is 11.6. The summed E-state index contributed by atoms with van der Waals surface area (Å²) in [6.45, 7) is 3.51. The third kappa shape index (κ3) is 3.65. The van der Waals surface area contributed by atoms with Gasteiger partial charge in [0.15, 0.2) is 0 Å². The molecule has 3 rings (SSSR count). The Kier molecular flexibility index (Phi) is 4.98. The van der Waals surface area contributed by atoms with E-state index in [1.165, 1.54) is 30.3 Å². The predicted octanol–water partition coefficient (Wildman–Crippen LogP) is 1.53. The van der Waals surface area contributed by atoms with Crippen molar-refractivity contribution in [3.63, 3.8) is 0 Å². The van der Waals surface area contributed by atoms with Gasteiger partial charge in [0.05, 0.1) is 7.11 Å². The summed E-state index contributed by atoms with van der Waals surface area (Å²) in [6.07, 6.45) is 4.19. The van der Waals surface area contributed by atoms with Crippen LogP contribution in [0.2, 0.25) is 0 Å². The summed E-state index contributed by atoms with van der Waals surface area (Å²) < 4.78 is 36.8. The summed E-state index contributed by atoms with van der Waals surface area (Å²) in [5.41, 5.74) is 0.150. The highest BCUT2D eigenvalue weighted by Crippen LogP contribution is 2.29. The number of methoxy groups -OCH3 is 1. The van der Waals surface area contributed by atoms with Crippen molar-refractivity contribution < 1.29 is 22.4 Å². The highest BCUT2D eigenvalue weighted by molar-refractivity contribution is 7.89. The van der Waals surface area contributed by atoms with Crippen molar-refractivity contribution >= 4 is 16.0 Å². The summed E-state index contributed by atoms with van der Waals surface area (Å²) >= 11 is 0. The minimum absolute atomic E-state index is 0.150. The molecular weight excluding hydrogens is 332 g/mol. The van der Waals surface area contributed by atoms with Crippen LogP contribution in [0.1, 0.15) is 41.8 Å². The van der Waals surface area contributed by atoms with Crippen molar-refractivity contribution in [1.82, 2.24) is 9.62 Å². The van der Waals surface area contributed by atoms with Crippen molar-refractivity contribution in [2.45, 2.75) is 43.7 Å². The van der Waals surface area contributed by atoms with Crippen LogP contribution >= 0.6 is 0 Å². The number of ether oxygens (including phenoxy) is 1. The molecule has 0 radical (unpaired) electrons. The maximum absolute atomic E-state index is 12.7. The van der Waals surface area contributed by atoms with Crippen LogP contribution < -0.4 is 5.32 Å². The number of sulfonamides is 1. The van der Waals surface area contributed by atoms with Crippen molar-refractivity contribution in [2.75, 3.05) is 26.7 Å². The third-order valence-electron chi connectivity index (χ3n) is 4.74. The molecular formula is C16H24N2O5S. The smallest absolute Gasteiger partial charge is 0.341 e. The molecule has 0 aromatic carbocycles. The highest BCUT2D eigenvalue weighted by Gasteiger charge is 2.33. The molecule has 1 aromatic rings. The molecule has 0 spiro atoms. The molecule has 0 unspecified atom stereocenters. The van der Waals surface area contributed by atoms with Gasteiger partial charge in [-0.05, 0) is 45.1 Å². The Morgan fingerprint density at radius 1 is 1.33 bits per heavy atom. The van der Waals surface area contributed by atoms with E-state index in [2.05, 4.69) is 10.1 Å². The van der Waals surface area contributed by atoms with Gasteiger partial charge in [0.2, 0.25) is 5.09 Å². The number of carbonyl (C=O) groups is 1. The lowest BCUT2D eigenvalue weighted by Crippen LogP contribution is -2.45. The summed E-state index contributed by atoms with van der Waals surface area (Å²) in [5.74, 6) is 0.469. The van der Waals surface area contributed by atoms with E-state index < -0.39 is 16.0 Å². The topological polar surface area (TPSA) is 88.9 Å². The molecule has 1 saturated heterocycles. The number of nitrogens with one attached hydrogen (secondary N) is 1. The van der Waals surface area contributed by atoms with Gasteiger partial charge in [0.25, 0.3) is 10.0 Å². The number of nitrogens with zero attached hydrogens (tertiary/aromatic N) is 1. The van der Waals surface area contributed by atoms with Gasteiger partial charge in [0.1, 0.15) is 11.3 Å². The molecule has 1 aromatic heterocycles. The summed E-state index contributed by atoms with van der Waals surface area (Å²) in [6, 6.07) is 1.63. The molecule has 8 heteroatoms. The molecule has 2 fully saturated rings. The number of carbonyl (C=O) groups excluding carboxylic acids is 1. The SMILES string of the molecule is COC(=O)c1cc(S(=O)(=O)N2CCC(NCC3CC3)CC2)oc1C. The van der Waals surface area contributed by atoms with E-state index in [9.17, 15) is 13.2 Å². The zero-order chi connectivity index (χ0) is 17.3. The molecule has 1 N–H and O–H groups in total. The van der Waals surface area contributed by atoms with Crippen LogP contribution in [0, 0.1) is 12.8 Å². The molecule has 1 aliphatic heterocycles. The van der Waals surface area contributed by atoms with Crippen molar-refractivity contribution in [2.24, 2.45) is 5.92 Å². The Hall–Kier alpha value is -1.38. The van der Waals surface area contributed by atoms with Crippen LogP contribution in [0.4, 0.5) is 0 Å². The van der Waals surface area contributed by atoms with Gasteiger partial charge < -0.3 is 14.5 Å². The normalized spacial score (nSPS) is 20.2. The van der Waals surface area contributed by atoms with Crippen molar-refractivity contribution in [3.05, 3.63) is 17.4 Å². The largest absolute Gasteiger partial charge is 0.465 e. The number of rotatable bonds is 6. The fraction of sp³-hybridized carbons (Fsp3) is 0.688. The fourth-order valence-corrected chi connectivity index (χ4v) is 4.42. The minimum Gasteiger partial charge on any atom is -0.465 e. The Morgan fingerprint density at radius 3 is 2.58 bits per heavy atom. The first-order valence-corrected chi connectivity index (χ1v) is 9.78. The van der Waals surface area contributed by atoms with E-state index in [0.29, 0.717) is 19.1 Å². The maximum Gasteiger partial charge on any atom is 0.341 e. The number of esters is 1. The highest BCUT2D eigenvalue weighted by atomic mass is 32.2. The predicted molar refractivity (Wildman–Crippen MR) is 87.3 cm³/mol. The number of piperidine rings is 1. The first-order valence-electron chi connectivity index (χ1n) is 8.34. The van der Waals surface area contributed by atoms with E-state index >= 15 is 0 Å². The molecule has 1 aliphatic carbocycles. The van der Waals surface area contributed by atoms with E-state index in [4.69, 9.17) is 4.42 Å². The van der Waals surface area contributed by atoms with Crippen LogP contribution in [-0.2, 0) is 14.8 Å². The zero-order valence-corrected chi connectivity index (χ0v) is 14.9. The zero-order valence-electron chi connectivity index (χ0n) is 14.1. The Balaban J connectivity index is 1.64. The van der Waals surface area contributed by atoms with Gasteiger partial charge in [-0.25, -0.2) is 13.2 Å². The van der Waals surface area contributed by atoms with Gasteiger partial charge >= 0.3 is 5.97 Å². The first kappa shape index (κ1) is 17.4. The molecule has 24 heavy (non-hydrogen) atoms. The Morgan fingerprint density at radius 2 is 2.00 bits per heavy atom. The van der Waals surface area contributed by atoms with Crippen molar-refractivity contribution in [1.29, 1.82) is 0 Å². The van der Waals surface area contributed by atoms with Crippen LogP contribution in [-0.4, -0.2) is 51.5 Å². The van der Waals surface area contributed by atoms with Gasteiger partial charge in [-0.3, -0.25) is 0 Å².